The number of rotatable bonds is 4. The molecular weight excluding hydrogens is 373 g/mol. The molecule has 0 radical (unpaired) electrons. The standard InChI is InChI=1S/C18H20FN3O4S/c1-2-26-18(25)15-16(24)10-5-11(19)13(21-4-3-9(20)7-21)6-12(10)22-14(8-23)27-17(15)22/h5-6,9,14,23H,2-4,7-8,20H2,1H3/t9-,14?/m0/s1. The van der Waals surface area contributed by atoms with Gasteiger partial charge in [-0.2, -0.15) is 0 Å². The minimum absolute atomic E-state index is 0.0160. The third-order valence-corrected chi connectivity index (χ3v) is 6.22. The van der Waals surface area contributed by atoms with Crippen molar-refractivity contribution in [3.8, 4) is 0 Å². The van der Waals surface area contributed by atoms with Gasteiger partial charge in [0.2, 0.25) is 5.43 Å². The molecule has 4 rings (SSSR count). The summed E-state index contributed by atoms with van der Waals surface area (Å²) in [4.78, 5) is 27.0. The van der Waals surface area contributed by atoms with E-state index in [1.165, 1.54) is 17.8 Å². The van der Waals surface area contributed by atoms with E-state index in [0.717, 1.165) is 6.42 Å². The average Bonchev–Trinajstić information content (AvgIpc) is 3.04. The summed E-state index contributed by atoms with van der Waals surface area (Å²) in [6, 6.07) is 2.77. The minimum atomic E-state index is -0.730. The number of hydrogen-bond donors (Lipinski definition) is 2. The Balaban J connectivity index is 1.94. The van der Waals surface area contributed by atoms with Crippen LogP contribution in [0.25, 0.3) is 10.9 Å². The third-order valence-electron chi connectivity index (χ3n) is 4.97. The lowest BCUT2D eigenvalue weighted by Crippen LogP contribution is -2.32. The molecule has 144 valence electrons. The van der Waals surface area contributed by atoms with Gasteiger partial charge in [-0.3, -0.25) is 4.79 Å². The van der Waals surface area contributed by atoms with Crippen LogP contribution in [0.3, 0.4) is 0 Å². The minimum Gasteiger partial charge on any atom is -0.462 e. The van der Waals surface area contributed by atoms with E-state index in [1.807, 2.05) is 4.90 Å². The van der Waals surface area contributed by atoms with Crippen LogP contribution >= 0.6 is 11.8 Å². The Hall–Kier alpha value is -2.10. The highest BCUT2D eigenvalue weighted by molar-refractivity contribution is 8.00. The van der Waals surface area contributed by atoms with E-state index in [4.69, 9.17) is 10.5 Å². The highest BCUT2D eigenvalue weighted by Crippen LogP contribution is 2.47. The van der Waals surface area contributed by atoms with Crippen molar-refractivity contribution in [2.24, 2.45) is 5.73 Å². The molecule has 2 aliphatic heterocycles. The molecule has 0 saturated carbocycles. The topological polar surface area (TPSA) is 97.8 Å². The van der Waals surface area contributed by atoms with Gasteiger partial charge in [-0.05, 0) is 25.5 Å². The van der Waals surface area contributed by atoms with Gasteiger partial charge in [0.1, 0.15) is 16.8 Å². The number of ether oxygens (including phenoxy) is 1. The van der Waals surface area contributed by atoms with Crippen molar-refractivity contribution < 1.29 is 19.0 Å². The summed E-state index contributed by atoms with van der Waals surface area (Å²) < 4.78 is 21.5. The van der Waals surface area contributed by atoms with Gasteiger partial charge in [0.15, 0.2) is 0 Å². The molecule has 3 N–H and O–H groups in total. The molecular formula is C18H20FN3O4S. The van der Waals surface area contributed by atoms with Gasteiger partial charge in [0.05, 0.1) is 29.4 Å². The smallest absolute Gasteiger partial charge is 0.344 e. The number of pyridine rings is 1. The predicted molar refractivity (Wildman–Crippen MR) is 101 cm³/mol. The zero-order valence-corrected chi connectivity index (χ0v) is 15.6. The van der Waals surface area contributed by atoms with Gasteiger partial charge >= 0.3 is 5.97 Å². The van der Waals surface area contributed by atoms with Crippen molar-refractivity contribution in [3.63, 3.8) is 0 Å². The van der Waals surface area contributed by atoms with Gasteiger partial charge < -0.3 is 25.0 Å². The summed E-state index contributed by atoms with van der Waals surface area (Å²) in [5.74, 6) is -1.26. The number of aliphatic hydroxyl groups excluding tert-OH is 1. The van der Waals surface area contributed by atoms with Crippen LogP contribution in [0.4, 0.5) is 10.1 Å². The van der Waals surface area contributed by atoms with E-state index in [1.54, 1.807) is 17.6 Å². The lowest BCUT2D eigenvalue weighted by atomic mass is 10.1. The molecule has 3 heterocycles. The zero-order valence-electron chi connectivity index (χ0n) is 14.8. The normalized spacial score (nSPS) is 21.3. The van der Waals surface area contributed by atoms with Crippen LogP contribution in [0.1, 0.15) is 29.1 Å². The number of hydrogen-bond acceptors (Lipinski definition) is 7. The first kappa shape index (κ1) is 18.3. The van der Waals surface area contributed by atoms with Gasteiger partial charge in [-0.25, -0.2) is 9.18 Å². The first-order valence-corrected chi connectivity index (χ1v) is 9.71. The Morgan fingerprint density at radius 3 is 2.89 bits per heavy atom. The zero-order chi connectivity index (χ0) is 19.3. The van der Waals surface area contributed by atoms with Crippen molar-refractivity contribution in [3.05, 3.63) is 33.7 Å². The number of carbonyl (C=O) groups excluding carboxylic acids is 1. The van der Waals surface area contributed by atoms with Crippen LogP contribution in [0, 0.1) is 5.82 Å². The molecule has 1 aromatic carbocycles. The van der Waals surface area contributed by atoms with Crippen molar-refractivity contribution in [1.29, 1.82) is 0 Å². The number of halogens is 1. The number of thioether (sulfide) groups is 1. The van der Waals surface area contributed by atoms with Gasteiger partial charge in [0.25, 0.3) is 0 Å². The molecule has 1 fully saturated rings. The lowest BCUT2D eigenvalue weighted by molar-refractivity contribution is 0.0517. The molecule has 2 aromatic rings. The molecule has 0 aliphatic carbocycles. The van der Waals surface area contributed by atoms with Crippen LogP contribution < -0.4 is 16.1 Å². The molecule has 1 saturated heterocycles. The van der Waals surface area contributed by atoms with E-state index >= 15 is 0 Å². The predicted octanol–water partition coefficient (Wildman–Crippen LogP) is 1.45. The maximum Gasteiger partial charge on any atom is 0.344 e. The fourth-order valence-corrected chi connectivity index (χ4v) is 4.81. The van der Waals surface area contributed by atoms with E-state index in [2.05, 4.69) is 0 Å². The number of fused-ring (bicyclic) bond motifs is 3. The fourth-order valence-electron chi connectivity index (χ4n) is 3.68. The molecule has 2 aliphatic rings. The lowest BCUT2D eigenvalue weighted by Gasteiger charge is -2.34. The molecule has 0 bridgehead atoms. The van der Waals surface area contributed by atoms with Gasteiger partial charge in [0, 0.05) is 24.5 Å². The van der Waals surface area contributed by atoms with Crippen molar-refractivity contribution in [2.75, 3.05) is 31.2 Å². The van der Waals surface area contributed by atoms with E-state index in [9.17, 15) is 19.1 Å². The van der Waals surface area contributed by atoms with Crippen LogP contribution in [-0.4, -0.2) is 48.0 Å². The number of aliphatic hydroxyl groups is 1. The monoisotopic (exact) mass is 393 g/mol. The number of anilines is 1. The van der Waals surface area contributed by atoms with E-state index in [0.29, 0.717) is 29.3 Å². The Morgan fingerprint density at radius 2 is 2.26 bits per heavy atom. The molecule has 1 aromatic heterocycles. The second-order valence-corrected chi connectivity index (χ2v) is 7.84. The Morgan fingerprint density at radius 1 is 1.48 bits per heavy atom. The van der Waals surface area contributed by atoms with Gasteiger partial charge in [-0.15, -0.1) is 0 Å². The number of carbonyl (C=O) groups is 1. The second kappa shape index (κ2) is 6.81. The average molecular weight is 393 g/mol. The van der Waals surface area contributed by atoms with Crippen molar-refractivity contribution >= 4 is 34.3 Å². The Labute approximate surface area is 158 Å². The van der Waals surface area contributed by atoms with Crippen LogP contribution in [-0.2, 0) is 4.74 Å². The molecule has 2 atom stereocenters. The molecule has 27 heavy (non-hydrogen) atoms. The maximum absolute atomic E-state index is 14.8. The summed E-state index contributed by atoms with van der Waals surface area (Å²) in [6.45, 7) is 2.79. The first-order chi connectivity index (χ1) is 13.0. The fraction of sp³-hybridized carbons (Fsp3) is 0.444. The van der Waals surface area contributed by atoms with Crippen LogP contribution in [0.2, 0.25) is 0 Å². The van der Waals surface area contributed by atoms with Crippen LogP contribution in [0.15, 0.2) is 22.0 Å². The number of nitrogens with two attached hydrogens (primary N) is 1. The Kier molecular flexibility index (Phi) is 4.61. The van der Waals surface area contributed by atoms with Crippen LogP contribution in [0.5, 0.6) is 0 Å². The summed E-state index contributed by atoms with van der Waals surface area (Å²) >= 11 is 1.24. The van der Waals surface area contributed by atoms with Crippen molar-refractivity contribution in [2.45, 2.75) is 29.8 Å². The summed E-state index contributed by atoms with van der Waals surface area (Å²) in [6.07, 6.45) is 0.770. The van der Waals surface area contributed by atoms with Gasteiger partial charge in [-0.1, -0.05) is 11.8 Å². The Bertz CT molecular complexity index is 993. The van der Waals surface area contributed by atoms with E-state index < -0.39 is 17.2 Å². The molecule has 0 spiro atoms. The van der Waals surface area contributed by atoms with E-state index in [-0.39, 0.29) is 35.6 Å². The number of esters is 1. The highest BCUT2D eigenvalue weighted by atomic mass is 32.2. The van der Waals surface area contributed by atoms with Crippen molar-refractivity contribution in [1.82, 2.24) is 4.57 Å². The first-order valence-electron chi connectivity index (χ1n) is 8.83. The number of benzene rings is 1. The quantitative estimate of drug-likeness (QED) is 0.759. The molecule has 0 amide bonds. The largest absolute Gasteiger partial charge is 0.462 e. The second-order valence-electron chi connectivity index (χ2n) is 6.67. The SMILES string of the molecule is CCOC(=O)c1c2n(c3cc(N4CC[C@H](N)C4)c(F)cc3c1=O)C(CO)S2. The third kappa shape index (κ3) is 2.81. The summed E-state index contributed by atoms with van der Waals surface area (Å²) in [7, 11) is 0. The maximum atomic E-state index is 14.8. The molecule has 9 heteroatoms. The number of aromatic nitrogens is 1. The summed E-state index contributed by atoms with van der Waals surface area (Å²) in [5.41, 5.74) is 6.15. The molecule has 1 unspecified atom stereocenters. The highest BCUT2D eigenvalue weighted by Gasteiger charge is 2.36. The molecule has 7 nitrogen and oxygen atoms in total. The number of nitrogens with zero attached hydrogens (tertiary/aromatic N) is 2. The summed E-state index contributed by atoms with van der Waals surface area (Å²) in [5, 5.41) is 9.84.